The first-order valence-electron chi connectivity index (χ1n) is 10.2. The zero-order chi connectivity index (χ0) is 20.9. The minimum atomic E-state index is -0.0304. The van der Waals surface area contributed by atoms with Crippen LogP contribution in [0.5, 0.6) is 0 Å². The molecule has 1 saturated heterocycles. The van der Waals surface area contributed by atoms with Crippen LogP contribution < -0.4 is 4.90 Å². The maximum Gasteiger partial charge on any atom is 0.253 e. The molecule has 6 rings (SSSR count). The van der Waals surface area contributed by atoms with E-state index in [2.05, 4.69) is 14.9 Å². The number of fused-ring (bicyclic) bond motifs is 4. The summed E-state index contributed by atoms with van der Waals surface area (Å²) in [5.74, 6) is -0.0355. The lowest BCUT2D eigenvalue weighted by Crippen LogP contribution is -2.48. The fourth-order valence-electron chi connectivity index (χ4n) is 4.34. The Morgan fingerprint density at radius 1 is 0.871 bits per heavy atom. The molecule has 0 bridgehead atoms. The lowest BCUT2D eigenvalue weighted by atomic mass is 10.0. The standard InChI is InChI=1S/C24H18N4O2S/c29-21-18-5-2-1-4-16(18)17-8-7-15(14-19(17)21)23(30)27-10-12-28(13-11-27)24-26-20-6-3-9-25-22(20)31-24/h1-9,14H,10-13H2. The van der Waals surface area contributed by atoms with Crippen molar-refractivity contribution in [1.82, 2.24) is 14.9 Å². The number of carbonyl (C=O) groups is 2. The van der Waals surface area contributed by atoms with Crippen LogP contribution in [-0.2, 0) is 0 Å². The molecule has 6 nitrogen and oxygen atoms in total. The number of rotatable bonds is 2. The number of amides is 1. The fraction of sp³-hybridized carbons (Fsp3) is 0.167. The highest BCUT2D eigenvalue weighted by Gasteiger charge is 2.29. The van der Waals surface area contributed by atoms with Gasteiger partial charge in [0.05, 0.1) is 0 Å². The first-order valence-corrected chi connectivity index (χ1v) is 11.0. The van der Waals surface area contributed by atoms with Gasteiger partial charge in [-0.05, 0) is 35.4 Å². The van der Waals surface area contributed by atoms with E-state index in [9.17, 15) is 9.59 Å². The maximum absolute atomic E-state index is 13.1. The number of hydrogen-bond acceptors (Lipinski definition) is 6. The number of carbonyl (C=O) groups excluding carboxylic acids is 2. The van der Waals surface area contributed by atoms with E-state index >= 15 is 0 Å². The second-order valence-electron chi connectivity index (χ2n) is 7.74. The van der Waals surface area contributed by atoms with Crippen molar-refractivity contribution in [1.29, 1.82) is 0 Å². The lowest BCUT2D eigenvalue weighted by molar-refractivity contribution is 0.0747. The van der Waals surface area contributed by atoms with Crippen LogP contribution in [0.25, 0.3) is 21.5 Å². The molecule has 0 N–H and O–H groups in total. The largest absolute Gasteiger partial charge is 0.344 e. The molecule has 31 heavy (non-hydrogen) atoms. The third kappa shape index (κ3) is 2.92. The van der Waals surface area contributed by atoms with Gasteiger partial charge in [-0.1, -0.05) is 41.7 Å². The Morgan fingerprint density at radius 2 is 1.65 bits per heavy atom. The SMILES string of the molecule is O=C1c2ccccc2-c2ccc(C(=O)N3CCN(c4nc5cccnc5s4)CC3)cc21. The Kier molecular flexibility index (Phi) is 4.11. The highest BCUT2D eigenvalue weighted by Crippen LogP contribution is 2.37. The molecule has 1 fully saturated rings. The van der Waals surface area contributed by atoms with Crippen molar-refractivity contribution in [2.24, 2.45) is 0 Å². The van der Waals surface area contributed by atoms with Gasteiger partial charge in [-0.2, -0.15) is 0 Å². The summed E-state index contributed by atoms with van der Waals surface area (Å²) in [4.78, 5) is 39.9. The molecule has 1 aliphatic heterocycles. The van der Waals surface area contributed by atoms with Crippen molar-refractivity contribution in [2.75, 3.05) is 31.1 Å². The van der Waals surface area contributed by atoms with Crippen molar-refractivity contribution in [2.45, 2.75) is 0 Å². The summed E-state index contributed by atoms with van der Waals surface area (Å²) in [5, 5.41) is 0.946. The van der Waals surface area contributed by atoms with Crippen molar-refractivity contribution in [3.8, 4) is 11.1 Å². The van der Waals surface area contributed by atoms with Gasteiger partial charge in [0.15, 0.2) is 10.9 Å². The van der Waals surface area contributed by atoms with E-state index < -0.39 is 0 Å². The molecule has 4 aromatic rings. The van der Waals surface area contributed by atoms with Crippen molar-refractivity contribution in [3.63, 3.8) is 0 Å². The molecule has 2 aromatic carbocycles. The molecular weight excluding hydrogens is 408 g/mol. The van der Waals surface area contributed by atoms with Gasteiger partial charge >= 0.3 is 0 Å². The summed E-state index contributed by atoms with van der Waals surface area (Å²) < 4.78 is 0. The second-order valence-corrected chi connectivity index (χ2v) is 8.69. The van der Waals surface area contributed by atoms with Gasteiger partial charge in [-0.3, -0.25) is 9.59 Å². The third-order valence-corrected chi connectivity index (χ3v) is 7.01. The zero-order valence-corrected chi connectivity index (χ0v) is 17.4. The van der Waals surface area contributed by atoms with Gasteiger partial charge in [0.1, 0.15) is 10.3 Å². The van der Waals surface area contributed by atoms with Crippen LogP contribution in [0.3, 0.4) is 0 Å². The quantitative estimate of drug-likeness (QED) is 0.429. The number of thiazole rings is 1. The van der Waals surface area contributed by atoms with Gasteiger partial charge < -0.3 is 9.80 Å². The molecule has 0 atom stereocenters. The summed E-state index contributed by atoms with van der Waals surface area (Å²) in [6, 6.07) is 17.0. The van der Waals surface area contributed by atoms with Crippen LogP contribution in [0.15, 0.2) is 60.8 Å². The van der Waals surface area contributed by atoms with E-state index in [0.29, 0.717) is 29.8 Å². The van der Waals surface area contributed by atoms with Gasteiger partial charge in [0.2, 0.25) is 0 Å². The monoisotopic (exact) mass is 426 g/mol. The summed E-state index contributed by atoms with van der Waals surface area (Å²) in [5.41, 5.74) is 4.66. The highest BCUT2D eigenvalue weighted by molar-refractivity contribution is 7.21. The van der Waals surface area contributed by atoms with Crippen LogP contribution in [0.1, 0.15) is 26.3 Å². The third-order valence-electron chi connectivity index (χ3n) is 5.97. The molecular formula is C24H18N4O2S. The summed E-state index contributed by atoms with van der Waals surface area (Å²) in [6.45, 7) is 2.68. The molecule has 3 heterocycles. The van der Waals surface area contributed by atoms with Crippen LogP contribution >= 0.6 is 11.3 Å². The lowest BCUT2D eigenvalue weighted by Gasteiger charge is -2.34. The molecule has 2 aromatic heterocycles. The molecule has 0 saturated carbocycles. The van der Waals surface area contributed by atoms with E-state index in [1.54, 1.807) is 23.6 Å². The Labute approximate surface area is 182 Å². The molecule has 0 radical (unpaired) electrons. The van der Waals surface area contributed by atoms with Crippen molar-refractivity contribution in [3.05, 3.63) is 77.5 Å². The highest BCUT2D eigenvalue weighted by atomic mass is 32.1. The number of benzene rings is 2. The van der Waals surface area contributed by atoms with Gasteiger partial charge in [0.25, 0.3) is 5.91 Å². The van der Waals surface area contributed by atoms with Crippen LogP contribution in [0.2, 0.25) is 0 Å². The normalized spacial score (nSPS) is 15.3. The number of pyridine rings is 1. The van der Waals surface area contributed by atoms with Crippen LogP contribution in [0.4, 0.5) is 5.13 Å². The fourth-order valence-corrected chi connectivity index (χ4v) is 5.30. The van der Waals surface area contributed by atoms with E-state index in [0.717, 1.165) is 39.7 Å². The number of aromatic nitrogens is 2. The minimum Gasteiger partial charge on any atom is -0.344 e. The van der Waals surface area contributed by atoms with Crippen molar-refractivity contribution >= 4 is 38.5 Å². The first-order chi connectivity index (χ1) is 15.2. The summed E-state index contributed by atoms with van der Waals surface area (Å²) in [6.07, 6.45) is 1.78. The Morgan fingerprint density at radius 3 is 2.45 bits per heavy atom. The molecule has 0 unspecified atom stereocenters. The number of ketones is 1. The number of anilines is 1. The predicted molar refractivity (Wildman–Crippen MR) is 121 cm³/mol. The smallest absolute Gasteiger partial charge is 0.253 e. The van der Waals surface area contributed by atoms with Gasteiger partial charge in [0, 0.05) is 49.1 Å². The Bertz CT molecular complexity index is 1320. The topological polar surface area (TPSA) is 66.4 Å². The summed E-state index contributed by atoms with van der Waals surface area (Å²) in [7, 11) is 0. The van der Waals surface area contributed by atoms with E-state index in [1.807, 2.05) is 53.4 Å². The average molecular weight is 427 g/mol. The Hall–Kier alpha value is -3.58. The first kappa shape index (κ1) is 18.2. The zero-order valence-electron chi connectivity index (χ0n) is 16.6. The number of piperazine rings is 1. The Balaban J connectivity index is 1.19. The molecule has 0 spiro atoms. The van der Waals surface area contributed by atoms with Gasteiger partial charge in [-0.15, -0.1) is 0 Å². The average Bonchev–Trinajstić information content (AvgIpc) is 3.38. The molecule has 2 aliphatic rings. The number of nitrogens with zero attached hydrogens (tertiary/aromatic N) is 4. The van der Waals surface area contributed by atoms with E-state index in [1.165, 1.54) is 0 Å². The number of hydrogen-bond donors (Lipinski definition) is 0. The molecule has 1 amide bonds. The van der Waals surface area contributed by atoms with Gasteiger partial charge in [-0.25, -0.2) is 9.97 Å². The van der Waals surface area contributed by atoms with E-state index in [-0.39, 0.29) is 11.7 Å². The molecule has 1 aliphatic carbocycles. The van der Waals surface area contributed by atoms with E-state index in [4.69, 9.17) is 0 Å². The molecule has 7 heteroatoms. The second kappa shape index (κ2) is 6.99. The minimum absolute atomic E-state index is 0.00508. The van der Waals surface area contributed by atoms with Crippen molar-refractivity contribution < 1.29 is 9.59 Å². The maximum atomic E-state index is 13.1. The van der Waals surface area contributed by atoms with Crippen LogP contribution in [-0.4, -0.2) is 52.7 Å². The predicted octanol–water partition coefficient (Wildman–Crippen LogP) is 3.87. The molecule has 152 valence electrons. The summed E-state index contributed by atoms with van der Waals surface area (Å²) >= 11 is 1.58. The van der Waals surface area contributed by atoms with Crippen LogP contribution in [0, 0.1) is 0 Å².